The number of likely N-dealkylation sites (tertiary alicyclic amines) is 2. The van der Waals surface area contributed by atoms with E-state index in [2.05, 4.69) is 4.90 Å². The molecule has 3 rings (SSSR count). The highest BCUT2D eigenvalue weighted by Gasteiger charge is 2.38. The molecule has 2 aliphatic rings. The molecule has 25 heavy (non-hydrogen) atoms. The molecule has 1 aromatic carbocycles. The SMILES string of the molecule is COc1ccc(CN2CCC(C(=O)N3CCC(F)(F)CC3)C2)cc1F. The summed E-state index contributed by atoms with van der Waals surface area (Å²) in [6.07, 6.45) is 0.213. The van der Waals surface area contributed by atoms with Crippen LogP contribution >= 0.6 is 0 Å². The Morgan fingerprint density at radius 3 is 2.64 bits per heavy atom. The van der Waals surface area contributed by atoms with Crippen molar-refractivity contribution in [1.82, 2.24) is 9.80 Å². The maximum absolute atomic E-state index is 13.8. The van der Waals surface area contributed by atoms with Crippen molar-refractivity contribution in [1.29, 1.82) is 0 Å². The van der Waals surface area contributed by atoms with Crippen molar-refractivity contribution >= 4 is 5.91 Å². The highest BCUT2D eigenvalue weighted by Crippen LogP contribution is 2.30. The van der Waals surface area contributed by atoms with Crippen LogP contribution in [0.25, 0.3) is 0 Å². The number of carbonyl (C=O) groups is 1. The van der Waals surface area contributed by atoms with Gasteiger partial charge in [0.25, 0.3) is 5.92 Å². The molecule has 2 saturated heterocycles. The van der Waals surface area contributed by atoms with Crippen LogP contribution in [-0.2, 0) is 11.3 Å². The fourth-order valence-corrected chi connectivity index (χ4v) is 3.56. The molecule has 0 saturated carbocycles. The maximum atomic E-state index is 13.8. The minimum Gasteiger partial charge on any atom is -0.494 e. The van der Waals surface area contributed by atoms with Gasteiger partial charge in [-0.1, -0.05) is 6.07 Å². The van der Waals surface area contributed by atoms with Crippen molar-refractivity contribution in [2.24, 2.45) is 5.92 Å². The lowest BCUT2D eigenvalue weighted by molar-refractivity contribution is -0.141. The Kier molecular flexibility index (Phi) is 5.22. The Labute approximate surface area is 145 Å². The summed E-state index contributed by atoms with van der Waals surface area (Å²) in [5.74, 6) is -3.02. The van der Waals surface area contributed by atoms with Gasteiger partial charge < -0.3 is 9.64 Å². The van der Waals surface area contributed by atoms with Crippen molar-refractivity contribution in [2.45, 2.75) is 31.7 Å². The number of methoxy groups -OCH3 is 1. The van der Waals surface area contributed by atoms with Crippen LogP contribution in [0.15, 0.2) is 18.2 Å². The summed E-state index contributed by atoms with van der Waals surface area (Å²) in [4.78, 5) is 16.2. The number of piperidine rings is 1. The van der Waals surface area contributed by atoms with E-state index in [9.17, 15) is 18.0 Å². The van der Waals surface area contributed by atoms with E-state index in [1.807, 2.05) is 6.07 Å². The molecule has 138 valence electrons. The first-order valence-electron chi connectivity index (χ1n) is 8.59. The molecule has 0 aromatic heterocycles. The molecule has 0 spiro atoms. The number of amides is 1. The van der Waals surface area contributed by atoms with Gasteiger partial charge in [-0.15, -0.1) is 0 Å². The summed E-state index contributed by atoms with van der Waals surface area (Å²) < 4.78 is 45.1. The molecule has 1 unspecified atom stereocenters. The molecule has 4 nitrogen and oxygen atoms in total. The van der Waals surface area contributed by atoms with Crippen molar-refractivity contribution in [3.8, 4) is 5.75 Å². The van der Waals surface area contributed by atoms with Crippen LogP contribution in [0.4, 0.5) is 13.2 Å². The van der Waals surface area contributed by atoms with Gasteiger partial charge in [0.2, 0.25) is 5.91 Å². The summed E-state index contributed by atoms with van der Waals surface area (Å²) in [6, 6.07) is 4.85. The summed E-state index contributed by atoms with van der Waals surface area (Å²) in [6.45, 7) is 2.15. The summed E-state index contributed by atoms with van der Waals surface area (Å²) >= 11 is 0. The molecule has 2 aliphatic heterocycles. The van der Waals surface area contributed by atoms with Gasteiger partial charge in [-0.3, -0.25) is 9.69 Å². The molecule has 1 aromatic rings. The fraction of sp³-hybridized carbons (Fsp3) is 0.611. The molecular weight excluding hydrogens is 333 g/mol. The van der Waals surface area contributed by atoms with Gasteiger partial charge in [0.05, 0.1) is 13.0 Å². The van der Waals surface area contributed by atoms with Crippen molar-refractivity contribution in [2.75, 3.05) is 33.3 Å². The minimum absolute atomic E-state index is 0.0288. The normalized spacial score (nSPS) is 23.7. The number of hydrogen-bond donors (Lipinski definition) is 0. The molecule has 0 radical (unpaired) electrons. The lowest BCUT2D eigenvalue weighted by Crippen LogP contribution is -2.45. The zero-order valence-corrected chi connectivity index (χ0v) is 14.3. The van der Waals surface area contributed by atoms with Gasteiger partial charge in [-0.05, 0) is 30.7 Å². The number of rotatable bonds is 4. The van der Waals surface area contributed by atoms with Gasteiger partial charge in [0.15, 0.2) is 11.6 Å². The first kappa shape index (κ1) is 18.0. The second kappa shape index (κ2) is 7.23. The van der Waals surface area contributed by atoms with Gasteiger partial charge in [-0.2, -0.15) is 0 Å². The highest BCUT2D eigenvalue weighted by molar-refractivity contribution is 5.79. The molecule has 0 aliphatic carbocycles. The van der Waals surface area contributed by atoms with E-state index >= 15 is 0 Å². The Hall–Kier alpha value is -1.76. The van der Waals surface area contributed by atoms with Crippen molar-refractivity contribution in [3.05, 3.63) is 29.6 Å². The summed E-state index contributed by atoms with van der Waals surface area (Å²) in [5.41, 5.74) is 0.823. The number of nitrogens with zero attached hydrogens (tertiary/aromatic N) is 2. The van der Waals surface area contributed by atoms with Gasteiger partial charge >= 0.3 is 0 Å². The van der Waals surface area contributed by atoms with Crippen LogP contribution in [0.5, 0.6) is 5.75 Å². The summed E-state index contributed by atoms with van der Waals surface area (Å²) in [7, 11) is 1.42. The average Bonchev–Trinajstić information content (AvgIpc) is 3.03. The summed E-state index contributed by atoms with van der Waals surface area (Å²) in [5, 5.41) is 0. The molecule has 2 fully saturated rings. The molecule has 1 amide bonds. The Morgan fingerprint density at radius 2 is 2.00 bits per heavy atom. The average molecular weight is 356 g/mol. The van der Waals surface area contributed by atoms with Crippen molar-refractivity contribution < 1.29 is 22.7 Å². The Bertz CT molecular complexity index is 629. The van der Waals surface area contributed by atoms with Gasteiger partial charge in [0, 0.05) is 39.0 Å². The first-order valence-corrected chi connectivity index (χ1v) is 8.59. The molecule has 1 atom stereocenters. The monoisotopic (exact) mass is 356 g/mol. The van der Waals surface area contributed by atoms with Crippen LogP contribution in [0, 0.1) is 11.7 Å². The zero-order chi connectivity index (χ0) is 18.0. The Balaban J connectivity index is 1.53. The number of alkyl halides is 2. The van der Waals surface area contributed by atoms with E-state index in [-0.39, 0.29) is 43.5 Å². The van der Waals surface area contributed by atoms with Crippen LogP contribution in [0.2, 0.25) is 0 Å². The van der Waals surface area contributed by atoms with Crippen molar-refractivity contribution in [3.63, 3.8) is 0 Å². The second-order valence-electron chi connectivity index (χ2n) is 6.87. The van der Waals surface area contributed by atoms with E-state index in [1.165, 1.54) is 13.2 Å². The number of halogens is 3. The maximum Gasteiger partial charge on any atom is 0.251 e. The molecule has 0 N–H and O–H groups in total. The van der Waals surface area contributed by atoms with E-state index in [1.54, 1.807) is 11.0 Å². The zero-order valence-electron chi connectivity index (χ0n) is 14.3. The standard InChI is InChI=1S/C18H23F3N2O2/c1-25-16-3-2-13(10-15(16)19)11-22-7-4-14(12-22)17(24)23-8-5-18(20,21)6-9-23/h2-3,10,14H,4-9,11-12H2,1H3. The molecule has 2 heterocycles. The van der Waals surface area contributed by atoms with Crippen LogP contribution in [0.1, 0.15) is 24.8 Å². The first-order chi connectivity index (χ1) is 11.9. The number of ether oxygens (including phenoxy) is 1. The topological polar surface area (TPSA) is 32.8 Å². The van der Waals surface area contributed by atoms with E-state index < -0.39 is 11.7 Å². The van der Waals surface area contributed by atoms with Crippen LogP contribution in [0.3, 0.4) is 0 Å². The predicted octanol–water partition coefficient (Wildman–Crippen LogP) is 2.91. The van der Waals surface area contributed by atoms with Crippen LogP contribution < -0.4 is 4.74 Å². The third-order valence-corrected chi connectivity index (χ3v) is 5.05. The predicted molar refractivity (Wildman–Crippen MR) is 87.1 cm³/mol. The molecular formula is C18H23F3N2O2. The highest BCUT2D eigenvalue weighted by atomic mass is 19.3. The van der Waals surface area contributed by atoms with E-state index in [0.717, 1.165) is 12.1 Å². The minimum atomic E-state index is -2.64. The van der Waals surface area contributed by atoms with E-state index in [0.29, 0.717) is 19.5 Å². The van der Waals surface area contributed by atoms with Gasteiger partial charge in [0.1, 0.15) is 0 Å². The van der Waals surface area contributed by atoms with Crippen LogP contribution in [-0.4, -0.2) is 54.9 Å². The molecule has 7 heteroatoms. The second-order valence-corrected chi connectivity index (χ2v) is 6.87. The quantitative estimate of drug-likeness (QED) is 0.832. The number of carbonyl (C=O) groups excluding carboxylic acids is 1. The third-order valence-electron chi connectivity index (χ3n) is 5.05. The smallest absolute Gasteiger partial charge is 0.251 e. The lowest BCUT2D eigenvalue weighted by Gasteiger charge is -2.33. The third kappa shape index (κ3) is 4.26. The van der Waals surface area contributed by atoms with E-state index in [4.69, 9.17) is 4.74 Å². The Morgan fingerprint density at radius 1 is 1.28 bits per heavy atom. The fourth-order valence-electron chi connectivity index (χ4n) is 3.56. The lowest BCUT2D eigenvalue weighted by atomic mass is 10.0. The molecule has 0 bridgehead atoms. The number of hydrogen-bond acceptors (Lipinski definition) is 3. The number of benzene rings is 1. The largest absolute Gasteiger partial charge is 0.494 e. The van der Waals surface area contributed by atoms with Gasteiger partial charge in [-0.25, -0.2) is 13.2 Å².